The Kier molecular flexibility index (Phi) is 8.53. The molecule has 1 amide bonds. The number of unbranched alkanes of at least 4 members (excludes halogenated alkanes) is 1. The molecule has 0 fully saturated rings. The molecule has 2 rings (SSSR count). The number of aryl methyl sites for hydroxylation is 1. The lowest BCUT2D eigenvalue weighted by molar-refractivity contribution is -0.111. The van der Waals surface area contributed by atoms with Crippen molar-refractivity contribution in [3.63, 3.8) is 0 Å². The van der Waals surface area contributed by atoms with Crippen LogP contribution in [0.4, 0.5) is 11.4 Å². The largest absolute Gasteiger partial charge is 0.397 e. The van der Waals surface area contributed by atoms with Gasteiger partial charge in [-0.1, -0.05) is 48.5 Å². The van der Waals surface area contributed by atoms with Crippen molar-refractivity contribution < 1.29 is 4.79 Å². The number of amides is 1. The van der Waals surface area contributed by atoms with Crippen LogP contribution < -0.4 is 11.1 Å². The van der Waals surface area contributed by atoms with Crippen molar-refractivity contribution in [1.82, 2.24) is 5.01 Å². The third-order valence-corrected chi connectivity index (χ3v) is 4.20. The Morgan fingerprint density at radius 2 is 1.82 bits per heavy atom. The maximum atomic E-state index is 12.0. The number of nitrogens with one attached hydrogen (secondary N) is 1. The summed E-state index contributed by atoms with van der Waals surface area (Å²) in [5.41, 5.74) is 9.22. The number of hydrogen-bond donors (Lipinski definition) is 2. The number of allylic oxidation sites excluding steroid dienone is 2. The Labute approximate surface area is 167 Å². The molecule has 0 saturated carbocycles. The quantitative estimate of drug-likeness (QED) is 0.159. The fourth-order valence-corrected chi connectivity index (χ4v) is 2.69. The van der Waals surface area contributed by atoms with E-state index in [1.54, 1.807) is 23.2 Å². The maximum Gasteiger partial charge on any atom is 0.248 e. The Bertz CT molecular complexity index is 828. The summed E-state index contributed by atoms with van der Waals surface area (Å²) in [6, 6.07) is 17.6. The van der Waals surface area contributed by atoms with Gasteiger partial charge >= 0.3 is 0 Å². The first-order valence-corrected chi connectivity index (χ1v) is 9.37. The molecular formula is C23H28N4O. The van der Waals surface area contributed by atoms with Gasteiger partial charge in [0.1, 0.15) is 0 Å². The topological polar surface area (TPSA) is 70.7 Å². The van der Waals surface area contributed by atoms with Crippen LogP contribution in [0, 0.1) is 0 Å². The number of nitrogens with two attached hydrogens (primary N) is 1. The Morgan fingerprint density at radius 3 is 2.54 bits per heavy atom. The van der Waals surface area contributed by atoms with Gasteiger partial charge in [-0.2, -0.15) is 5.10 Å². The van der Waals surface area contributed by atoms with E-state index < -0.39 is 0 Å². The van der Waals surface area contributed by atoms with Crippen LogP contribution >= 0.6 is 0 Å². The van der Waals surface area contributed by atoms with Gasteiger partial charge in [0.05, 0.1) is 11.4 Å². The van der Waals surface area contributed by atoms with Gasteiger partial charge in [-0.05, 0) is 49.5 Å². The number of benzene rings is 2. The molecule has 0 radical (unpaired) electrons. The highest BCUT2D eigenvalue weighted by atomic mass is 16.1. The fraction of sp³-hybridized carbons (Fsp3) is 0.217. The number of carbonyl (C=O) groups excluding carboxylic acids is 1. The van der Waals surface area contributed by atoms with Crippen molar-refractivity contribution in [2.45, 2.75) is 26.2 Å². The molecule has 0 saturated heterocycles. The fourth-order valence-electron chi connectivity index (χ4n) is 2.69. The van der Waals surface area contributed by atoms with Gasteiger partial charge in [-0.15, -0.1) is 0 Å². The number of rotatable bonds is 10. The second-order valence-electron chi connectivity index (χ2n) is 6.53. The molecule has 5 heteroatoms. The lowest BCUT2D eigenvalue weighted by atomic mass is 10.1. The molecule has 146 valence electrons. The van der Waals surface area contributed by atoms with Crippen LogP contribution in [0.2, 0.25) is 0 Å². The summed E-state index contributed by atoms with van der Waals surface area (Å²) >= 11 is 0. The standard InChI is InChI=1S/C23H28N4O/c1-19(15-16-23(28)26-22-14-7-6-13-21(22)24)18-27(25-2)17-9-8-12-20-10-4-3-5-11-20/h3-7,10-11,13-16,18H,2,8-9,12,17,24H2,1H3,(H,26,28)/b16-15+,19-18+. The molecule has 5 nitrogen and oxygen atoms in total. The predicted molar refractivity (Wildman–Crippen MR) is 118 cm³/mol. The zero-order valence-electron chi connectivity index (χ0n) is 16.3. The minimum Gasteiger partial charge on any atom is -0.397 e. The summed E-state index contributed by atoms with van der Waals surface area (Å²) in [6.07, 6.45) is 8.26. The Balaban J connectivity index is 1.79. The molecule has 0 heterocycles. The van der Waals surface area contributed by atoms with Crippen LogP contribution in [-0.2, 0) is 11.2 Å². The second-order valence-corrected chi connectivity index (χ2v) is 6.53. The van der Waals surface area contributed by atoms with Crippen LogP contribution in [0.15, 0.2) is 83.6 Å². The van der Waals surface area contributed by atoms with E-state index in [9.17, 15) is 4.79 Å². The normalized spacial score (nSPS) is 11.4. The smallest absolute Gasteiger partial charge is 0.248 e. The van der Waals surface area contributed by atoms with Gasteiger partial charge < -0.3 is 11.1 Å². The first-order valence-electron chi connectivity index (χ1n) is 9.37. The third kappa shape index (κ3) is 7.50. The lowest BCUT2D eigenvalue weighted by Crippen LogP contribution is -2.12. The van der Waals surface area contributed by atoms with E-state index in [0.717, 1.165) is 31.4 Å². The van der Waals surface area contributed by atoms with Crippen molar-refractivity contribution in [1.29, 1.82) is 0 Å². The number of para-hydroxylation sites is 2. The summed E-state index contributed by atoms with van der Waals surface area (Å²) in [5.74, 6) is -0.230. The van der Waals surface area contributed by atoms with Gasteiger partial charge in [0.25, 0.3) is 0 Å². The van der Waals surface area contributed by atoms with Gasteiger partial charge in [0, 0.05) is 25.5 Å². The van der Waals surface area contributed by atoms with Crippen LogP contribution in [0.3, 0.4) is 0 Å². The highest BCUT2D eigenvalue weighted by molar-refractivity contribution is 6.01. The zero-order valence-corrected chi connectivity index (χ0v) is 16.3. The number of hydrazone groups is 1. The van der Waals surface area contributed by atoms with E-state index in [-0.39, 0.29) is 5.91 Å². The van der Waals surface area contributed by atoms with Gasteiger partial charge in [0.2, 0.25) is 5.91 Å². The molecule has 0 aliphatic rings. The first-order chi connectivity index (χ1) is 13.6. The van der Waals surface area contributed by atoms with Gasteiger partial charge in [0.15, 0.2) is 0 Å². The minimum absolute atomic E-state index is 0.230. The van der Waals surface area contributed by atoms with E-state index in [4.69, 9.17) is 5.73 Å². The Hall–Kier alpha value is -3.34. The molecule has 0 aliphatic carbocycles. The van der Waals surface area contributed by atoms with Crippen molar-refractivity contribution in [3.05, 3.63) is 84.1 Å². The van der Waals surface area contributed by atoms with Crippen molar-refractivity contribution in [3.8, 4) is 0 Å². The monoisotopic (exact) mass is 376 g/mol. The molecule has 2 aromatic rings. The summed E-state index contributed by atoms with van der Waals surface area (Å²) in [5, 5.41) is 8.60. The number of nitrogen functional groups attached to an aromatic ring is 1. The average molecular weight is 377 g/mol. The van der Waals surface area contributed by atoms with Crippen LogP contribution in [0.5, 0.6) is 0 Å². The summed E-state index contributed by atoms with van der Waals surface area (Å²) in [6.45, 7) is 6.33. The molecule has 0 unspecified atom stereocenters. The summed E-state index contributed by atoms with van der Waals surface area (Å²) in [7, 11) is 0. The molecule has 3 N–H and O–H groups in total. The van der Waals surface area contributed by atoms with E-state index >= 15 is 0 Å². The minimum atomic E-state index is -0.230. The van der Waals surface area contributed by atoms with Crippen molar-refractivity contribution in [2.24, 2.45) is 5.10 Å². The van der Waals surface area contributed by atoms with E-state index in [0.29, 0.717) is 11.4 Å². The van der Waals surface area contributed by atoms with Crippen LogP contribution in [0.25, 0.3) is 0 Å². The van der Waals surface area contributed by atoms with E-state index in [1.165, 1.54) is 11.6 Å². The molecular weight excluding hydrogens is 348 g/mol. The first kappa shape index (κ1) is 21.0. The lowest BCUT2D eigenvalue weighted by Gasteiger charge is -2.14. The van der Waals surface area contributed by atoms with E-state index in [1.807, 2.05) is 31.3 Å². The molecule has 0 atom stereocenters. The highest BCUT2D eigenvalue weighted by Crippen LogP contribution is 2.16. The van der Waals surface area contributed by atoms with Crippen LogP contribution in [0.1, 0.15) is 25.3 Å². The summed E-state index contributed by atoms with van der Waals surface area (Å²) < 4.78 is 0. The number of nitrogens with zero attached hydrogens (tertiary/aromatic N) is 2. The number of anilines is 2. The van der Waals surface area contributed by atoms with Gasteiger partial charge in [-0.25, -0.2) is 0 Å². The van der Waals surface area contributed by atoms with Crippen molar-refractivity contribution in [2.75, 3.05) is 17.6 Å². The van der Waals surface area contributed by atoms with Crippen LogP contribution in [-0.4, -0.2) is 24.2 Å². The average Bonchev–Trinajstić information content (AvgIpc) is 2.71. The molecule has 0 bridgehead atoms. The Morgan fingerprint density at radius 1 is 1.11 bits per heavy atom. The van der Waals surface area contributed by atoms with Gasteiger partial charge in [-0.3, -0.25) is 9.80 Å². The third-order valence-electron chi connectivity index (χ3n) is 4.20. The molecule has 0 aliphatic heterocycles. The molecule has 28 heavy (non-hydrogen) atoms. The van der Waals surface area contributed by atoms with Crippen molar-refractivity contribution >= 4 is 24.0 Å². The number of carbonyl (C=O) groups is 1. The SMILES string of the molecule is C=NN(/C=C(C)/C=C/C(=O)Nc1ccccc1N)CCCCc1ccccc1. The maximum absolute atomic E-state index is 12.0. The molecule has 2 aromatic carbocycles. The molecule has 0 aromatic heterocycles. The predicted octanol–water partition coefficient (Wildman–Crippen LogP) is 4.61. The second kappa shape index (κ2) is 11.4. The molecule has 0 spiro atoms. The zero-order chi connectivity index (χ0) is 20.2. The highest BCUT2D eigenvalue weighted by Gasteiger charge is 2.02. The number of hydrogen-bond acceptors (Lipinski definition) is 4. The van der Waals surface area contributed by atoms with E-state index in [2.05, 4.69) is 41.4 Å². The summed E-state index contributed by atoms with van der Waals surface area (Å²) in [4.78, 5) is 12.0.